The third-order valence-electron chi connectivity index (χ3n) is 7.39. The highest BCUT2D eigenvalue weighted by Gasteiger charge is 2.57. The number of rotatable bonds is 11. The van der Waals surface area contributed by atoms with Crippen LogP contribution < -0.4 is 0 Å². The van der Waals surface area contributed by atoms with Gasteiger partial charge in [-0.2, -0.15) is 0 Å². The Morgan fingerprint density at radius 2 is 1.97 bits per heavy atom. The molecule has 2 aromatic carbocycles. The summed E-state index contributed by atoms with van der Waals surface area (Å²) in [6.45, 7) is 4.65. The molecule has 6 nitrogen and oxygen atoms in total. The molecule has 4 rings (SSSR count). The number of fused-ring (bicyclic) bond motifs is 2. The number of benzene rings is 2. The van der Waals surface area contributed by atoms with Crippen molar-refractivity contribution in [2.24, 2.45) is 5.92 Å². The Morgan fingerprint density at radius 1 is 1.21 bits per heavy atom. The monoisotopic (exact) mass is 531 g/mol. The average Bonchev–Trinajstić information content (AvgIpc) is 3.26. The summed E-state index contributed by atoms with van der Waals surface area (Å²) in [6, 6.07) is 11.4. The zero-order chi connectivity index (χ0) is 27.5. The predicted octanol–water partition coefficient (Wildman–Crippen LogP) is 5.82. The molecule has 0 spiro atoms. The van der Waals surface area contributed by atoms with Gasteiger partial charge in [-0.3, -0.25) is 0 Å². The molecule has 0 aliphatic heterocycles. The molecule has 206 valence electrons. The first-order valence-corrected chi connectivity index (χ1v) is 13.1. The van der Waals surface area contributed by atoms with E-state index in [9.17, 15) is 9.18 Å². The highest BCUT2D eigenvalue weighted by atomic mass is 19.3. The highest BCUT2D eigenvalue weighted by Crippen LogP contribution is 2.55. The van der Waals surface area contributed by atoms with Gasteiger partial charge >= 0.3 is 5.97 Å². The van der Waals surface area contributed by atoms with Crippen molar-refractivity contribution in [1.82, 2.24) is 14.9 Å². The Bertz CT molecular complexity index is 1230. The molecular formula is C29H36F3N3O3. The fourth-order valence-electron chi connectivity index (χ4n) is 5.85. The molecule has 9 heteroatoms. The molecule has 1 N–H and O–H groups in total. The smallest absolute Gasteiger partial charge is 0.332 e. The molecule has 1 aromatic heterocycles. The number of nitrogens with one attached hydrogen (secondary N) is 1. The molecule has 1 heterocycles. The van der Waals surface area contributed by atoms with E-state index in [1.54, 1.807) is 0 Å². The van der Waals surface area contributed by atoms with Crippen molar-refractivity contribution >= 4 is 17.0 Å². The molecule has 38 heavy (non-hydrogen) atoms. The summed E-state index contributed by atoms with van der Waals surface area (Å²) in [6.07, 6.45) is 1.07. The number of aromatic amines is 1. The lowest BCUT2D eigenvalue weighted by Gasteiger charge is -2.49. The summed E-state index contributed by atoms with van der Waals surface area (Å²) in [7, 11) is 3.29. The van der Waals surface area contributed by atoms with Crippen molar-refractivity contribution in [3.63, 3.8) is 0 Å². The van der Waals surface area contributed by atoms with E-state index in [-0.39, 0.29) is 24.5 Å². The topological polar surface area (TPSA) is 67.5 Å². The maximum atomic E-state index is 15.5. The van der Waals surface area contributed by atoms with Crippen LogP contribution in [0.25, 0.3) is 11.0 Å². The van der Waals surface area contributed by atoms with E-state index in [1.807, 2.05) is 45.2 Å². The molecule has 2 atom stereocenters. The van der Waals surface area contributed by atoms with Crippen LogP contribution in [-0.2, 0) is 26.6 Å². The standard InChI is InChI=1S/C29H36F3N3O3/c1-19(2)27-21-12-11-20(30)16-22(21)29(31,32)18-28(27,38-26(36)17-37-4)13-15-35(3)14-7-10-25-33-23-8-5-6-9-24(23)34-25/h5-6,8-9,11-12,16,19,27H,7,10,13-15,17-18H2,1-4H3,(H,33,34). The number of nitrogens with zero attached hydrogens (tertiary/aromatic N) is 2. The van der Waals surface area contributed by atoms with Gasteiger partial charge in [0.05, 0.1) is 17.5 Å². The number of methoxy groups -OCH3 is 1. The summed E-state index contributed by atoms with van der Waals surface area (Å²) in [5, 5.41) is 0. The van der Waals surface area contributed by atoms with Crippen LogP contribution in [0.4, 0.5) is 13.2 Å². The SMILES string of the molecule is COCC(=O)OC1(CCN(C)CCCc2nc3ccccc3[nH]2)CC(F)(F)c2cc(F)ccc2C1C(C)C. The maximum Gasteiger partial charge on any atom is 0.332 e. The largest absolute Gasteiger partial charge is 0.456 e. The molecule has 0 bridgehead atoms. The zero-order valence-electron chi connectivity index (χ0n) is 22.4. The van der Waals surface area contributed by atoms with Crippen LogP contribution in [0, 0.1) is 11.7 Å². The third-order valence-corrected chi connectivity index (χ3v) is 7.39. The van der Waals surface area contributed by atoms with Crippen LogP contribution in [0.2, 0.25) is 0 Å². The lowest BCUT2D eigenvalue weighted by atomic mass is 9.64. The van der Waals surface area contributed by atoms with Crippen LogP contribution in [0.15, 0.2) is 42.5 Å². The number of carbonyl (C=O) groups is 1. The average molecular weight is 532 g/mol. The number of halogens is 3. The quantitative estimate of drug-likeness (QED) is 0.316. The maximum absolute atomic E-state index is 15.5. The first-order chi connectivity index (χ1) is 18.0. The van der Waals surface area contributed by atoms with Gasteiger partial charge in [-0.1, -0.05) is 32.0 Å². The molecule has 2 unspecified atom stereocenters. The van der Waals surface area contributed by atoms with Crippen LogP contribution in [0.3, 0.4) is 0 Å². The highest BCUT2D eigenvalue weighted by molar-refractivity contribution is 5.74. The normalized spacial score (nSPS) is 20.7. The number of aryl methyl sites for hydroxylation is 1. The van der Waals surface area contributed by atoms with Gasteiger partial charge in [0.2, 0.25) is 0 Å². The van der Waals surface area contributed by atoms with E-state index in [4.69, 9.17) is 9.47 Å². The summed E-state index contributed by atoms with van der Waals surface area (Å²) >= 11 is 0. The summed E-state index contributed by atoms with van der Waals surface area (Å²) in [4.78, 5) is 22.6. The second-order valence-corrected chi connectivity index (χ2v) is 10.7. The van der Waals surface area contributed by atoms with Gasteiger partial charge in [0.25, 0.3) is 5.92 Å². The van der Waals surface area contributed by atoms with Gasteiger partial charge in [0.15, 0.2) is 0 Å². The number of carbonyl (C=O) groups excluding carboxylic acids is 1. The minimum atomic E-state index is -3.35. The van der Waals surface area contributed by atoms with Crippen molar-refractivity contribution in [3.05, 3.63) is 65.2 Å². The van der Waals surface area contributed by atoms with Gasteiger partial charge in [0.1, 0.15) is 23.8 Å². The molecule has 3 aromatic rings. The number of hydrogen-bond acceptors (Lipinski definition) is 5. The second-order valence-electron chi connectivity index (χ2n) is 10.7. The number of ether oxygens (including phenoxy) is 2. The summed E-state index contributed by atoms with van der Waals surface area (Å²) < 4.78 is 55.9. The van der Waals surface area contributed by atoms with Gasteiger partial charge in [-0.05, 0) is 55.8 Å². The molecule has 1 aliphatic carbocycles. The van der Waals surface area contributed by atoms with E-state index < -0.39 is 35.6 Å². The van der Waals surface area contributed by atoms with Gasteiger partial charge < -0.3 is 19.4 Å². The Balaban J connectivity index is 1.51. The number of aromatic nitrogens is 2. The van der Waals surface area contributed by atoms with Crippen molar-refractivity contribution in [2.45, 2.75) is 57.0 Å². The minimum absolute atomic E-state index is 0.135. The summed E-state index contributed by atoms with van der Waals surface area (Å²) in [5.41, 5.74) is 0.456. The Kier molecular flexibility index (Phi) is 8.47. The van der Waals surface area contributed by atoms with Crippen molar-refractivity contribution in [2.75, 3.05) is 33.9 Å². The molecule has 0 radical (unpaired) electrons. The zero-order valence-corrected chi connectivity index (χ0v) is 22.4. The van der Waals surface area contributed by atoms with E-state index in [0.29, 0.717) is 18.7 Å². The van der Waals surface area contributed by atoms with Gasteiger partial charge in [-0.15, -0.1) is 0 Å². The van der Waals surface area contributed by atoms with Crippen LogP contribution in [-0.4, -0.2) is 60.3 Å². The van der Waals surface area contributed by atoms with E-state index in [1.165, 1.54) is 19.2 Å². The molecule has 0 amide bonds. The first kappa shape index (κ1) is 28.1. The predicted molar refractivity (Wildman–Crippen MR) is 140 cm³/mol. The Morgan fingerprint density at radius 3 is 2.68 bits per heavy atom. The lowest BCUT2D eigenvalue weighted by Crippen LogP contribution is -2.52. The van der Waals surface area contributed by atoms with Crippen molar-refractivity contribution < 1.29 is 27.4 Å². The molecule has 1 aliphatic rings. The molecular weight excluding hydrogens is 495 g/mol. The molecule has 0 saturated heterocycles. The second kappa shape index (κ2) is 11.5. The van der Waals surface area contributed by atoms with Crippen LogP contribution in [0.5, 0.6) is 0 Å². The lowest BCUT2D eigenvalue weighted by molar-refractivity contribution is -0.188. The number of para-hydroxylation sites is 2. The fraction of sp³-hybridized carbons (Fsp3) is 0.517. The van der Waals surface area contributed by atoms with Gasteiger partial charge in [0, 0.05) is 38.0 Å². The van der Waals surface area contributed by atoms with Gasteiger partial charge in [-0.25, -0.2) is 22.9 Å². The van der Waals surface area contributed by atoms with Crippen LogP contribution in [0.1, 0.15) is 56.0 Å². The Labute approximate surface area is 221 Å². The van der Waals surface area contributed by atoms with E-state index >= 15 is 8.78 Å². The van der Waals surface area contributed by atoms with Crippen LogP contribution >= 0.6 is 0 Å². The third kappa shape index (κ3) is 6.04. The Hall–Kier alpha value is -2.91. The first-order valence-electron chi connectivity index (χ1n) is 13.1. The van der Waals surface area contributed by atoms with Crippen molar-refractivity contribution in [3.8, 4) is 0 Å². The summed E-state index contributed by atoms with van der Waals surface area (Å²) in [5.74, 6) is -4.51. The molecule has 0 saturated carbocycles. The van der Waals surface area contributed by atoms with E-state index in [0.717, 1.165) is 35.8 Å². The molecule has 0 fully saturated rings. The number of imidazole rings is 1. The fourth-order valence-corrected chi connectivity index (χ4v) is 5.85. The van der Waals surface area contributed by atoms with E-state index in [2.05, 4.69) is 14.9 Å². The minimum Gasteiger partial charge on any atom is -0.456 e. The number of esters is 1. The number of H-pyrrole nitrogens is 1. The number of hydrogen-bond donors (Lipinski definition) is 1. The van der Waals surface area contributed by atoms with Crippen molar-refractivity contribution in [1.29, 1.82) is 0 Å². The number of alkyl halides is 2.